The third-order valence-corrected chi connectivity index (χ3v) is 2.19. The Bertz CT molecular complexity index is 231. The molecule has 0 atom stereocenters. The molecule has 0 spiro atoms. The summed E-state index contributed by atoms with van der Waals surface area (Å²) in [5.74, 6) is 0.0727. The van der Waals surface area contributed by atoms with Gasteiger partial charge in [0.1, 0.15) is 5.75 Å². The molecule has 0 aromatic heterocycles. The summed E-state index contributed by atoms with van der Waals surface area (Å²) in [6.45, 7) is 1.75. The van der Waals surface area contributed by atoms with Gasteiger partial charge in [0.05, 0.1) is 5.02 Å². The average Bonchev–Trinajstić information content (AvgIpc) is 1.93. The highest BCUT2D eigenvalue weighted by Gasteiger charge is 2.03. The zero-order valence-corrected chi connectivity index (χ0v) is 6.87. The summed E-state index contributed by atoms with van der Waals surface area (Å²) in [5, 5.41) is 9.93. The summed E-state index contributed by atoms with van der Waals surface area (Å²) in [7, 11) is 0. The van der Waals surface area contributed by atoms with E-state index in [2.05, 4.69) is 0 Å². The number of phenols is 1. The average molecular weight is 177 g/mol. The Morgan fingerprint density at radius 2 is 1.90 bits per heavy atom. The van der Waals surface area contributed by atoms with Crippen LogP contribution in [0.4, 0.5) is 0 Å². The minimum absolute atomic E-state index is 0.0727. The van der Waals surface area contributed by atoms with Gasteiger partial charge in [0.25, 0.3) is 0 Å². The van der Waals surface area contributed by atoms with Gasteiger partial charge in [0.2, 0.25) is 0 Å². The first-order chi connectivity index (χ1) is 4.63. The maximum absolute atomic E-state index is 9.03. The van der Waals surface area contributed by atoms with E-state index in [4.69, 9.17) is 28.3 Å². The fraction of sp³-hybridized carbons (Fsp3) is 0.143. The molecular weight excluding hydrogens is 171 g/mol. The molecule has 54 valence electrons. The van der Waals surface area contributed by atoms with Gasteiger partial charge in [-0.1, -0.05) is 23.2 Å². The third-order valence-electron chi connectivity index (χ3n) is 1.30. The van der Waals surface area contributed by atoms with E-state index in [1.165, 1.54) is 6.07 Å². The molecule has 0 bridgehead atoms. The Morgan fingerprint density at radius 1 is 1.30 bits per heavy atom. The predicted octanol–water partition coefficient (Wildman–Crippen LogP) is 3.01. The molecule has 1 nitrogen and oxygen atoms in total. The molecule has 1 rings (SSSR count). The molecule has 10 heavy (non-hydrogen) atoms. The van der Waals surface area contributed by atoms with Crippen molar-refractivity contribution in [1.29, 1.82) is 0 Å². The fourth-order valence-corrected chi connectivity index (χ4v) is 1.02. The molecule has 0 fully saturated rings. The van der Waals surface area contributed by atoms with E-state index in [9.17, 15) is 0 Å². The van der Waals surface area contributed by atoms with Gasteiger partial charge < -0.3 is 5.11 Å². The van der Waals surface area contributed by atoms with Gasteiger partial charge in [-0.2, -0.15) is 0 Å². The van der Waals surface area contributed by atoms with Gasteiger partial charge in [0.15, 0.2) is 0 Å². The van der Waals surface area contributed by atoms with Gasteiger partial charge in [-0.15, -0.1) is 0 Å². The molecule has 1 aromatic rings. The van der Waals surface area contributed by atoms with Crippen molar-refractivity contribution >= 4 is 23.2 Å². The second-order valence-corrected chi connectivity index (χ2v) is 2.79. The van der Waals surface area contributed by atoms with Crippen molar-refractivity contribution in [3.8, 4) is 5.75 Å². The molecule has 0 aliphatic rings. The summed E-state index contributed by atoms with van der Waals surface area (Å²) in [4.78, 5) is 0. The van der Waals surface area contributed by atoms with Crippen LogP contribution in [0.25, 0.3) is 0 Å². The SMILES string of the molecule is Cc1c(Cl)ccc(O)c1Cl. The molecule has 0 amide bonds. The summed E-state index contributed by atoms with van der Waals surface area (Å²) < 4.78 is 0. The highest BCUT2D eigenvalue weighted by molar-refractivity contribution is 6.36. The van der Waals surface area contributed by atoms with Crippen LogP contribution in [-0.2, 0) is 0 Å². The smallest absolute Gasteiger partial charge is 0.134 e. The molecule has 1 N–H and O–H groups in total. The van der Waals surface area contributed by atoms with Crippen molar-refractivity contribution in [2.45, 2.75) is 6.92 Å². The summed E-state index contributed by atoms with van der Waals surface area (Å²) >= 11 is 11.3. The second kappa shape index (κ2) is 2.69. The highest BCUT2D eigenvalue weighted by Crippen LogP contribution is 2.31. The molecular formula is C7H6Cl2O. The molecule has 0 heterocycles. The number of hydrogen-bond acceptors (Lipinski definition) is 1. The number of rotatable bonds is 0. The van der Waals surface area contributed by atoms with Crippen molar-refractivity contribution in [2.75, 3.05) is 0 Å². The lowest BCUT2D eigenvalue weighted by Crippen LogP contribution is -1.76. The molecule has 0 radical (unpaired) electrons. The summed E-state index contributed by atoms with van der Waals surface area (Å²) in [6, 6.07) is 3.08. The Balaban J connectivity index is 3.34. The van der Waals surface area contributed by atoms with E-state index in [1.807, 2.05) is 0 Å². The van der Waals surface area contributed by atoms with Gasteiger partial charge >= 0.3 is 0 Å². The molecule has 1 aromatic carbocycles. The van der Waals surface area contributed by atoms with Gasteiger partial charge in [-0.3, -0.25) is 0 Å². The Labute approximate surface area is 69.2 Å². The van der Waals surface area contributed by atoms with Crippen LogP contribution in [0.15, 0.2) is 12.1 Å². The van der Waals surface area contributed by atoms with E-state index in [-0.39, 0.29) is 5.75 Å². The van der Waals surface area contributed by atoms with Crippen LogP contribution in [0.3, 0.4) is 0 Å². The maximum atomic E-state index is 9.03. The number of hydrogen-bond donors (Lipinski definition) is 1. The first-order valence-electron chi connectivity index (χ1n) is 2.76. The molecule has 0 unspecified atom stereocenters. The van der Waals surface area contributed by atoms with E-state index in [0.29, 0.717) is 15.6 Å². The zero-order valence-electron chi connectivity index (χ0n) is 5.36. The number of halogens is 2. The maximum Gasteiger partial charge on any atom is 0.134 e. The number of phenolic OH excluding ortho intramolecular Hbond substituents is 1. The topological polar surface area (TPSA) is 20.2 Å². The van der Waals surface area contributed by atoms with Crippen LogP contribution < -0.4 is 0 Å². The van der Waals surface area contributed by atoms with Crippen molar-refractivity contribution < 1.29 is 5.11 Å². The monoisotopic (exact) mass is 176 g/mol. The number of aromatic hydroxyl groups is 1. The quantitative estimate of drug-likeness (QED) is 0.645. The van der Waals surface area contributed by atoms with Crippen molar-refractivity contribution in [3.63, 3.8) is 0 Å². The lowest BCUT2D eigenvalue weighted by atomic mass is 10.2. The normalized spacial score (nSPS) is 9.90. The van der Waals surface area contributed by atoms with Crippen molar-refractivity contribution in [2.24, 2.45) is 0 Å². The first-order valence-corrected chi connectivity index (χ1v) is 3.52. The molecule has 0 saturated carbocycles. The number of benzene rings is 1. The van der Waals surface area contributed by atoms with E-state index in [1.54, 1.807) is 13.0 Å². The van der Waals surface area contributed by atoms with Crippen molar-refractivity contribution in [1.82, 2.24) is 0 Å². The lowest BCUT2D eigenvalue weighted by Gasteiger charge is -2.01. The molecule has 3 heteroatoms. The third kappa shape index (κ3) is 1.20. The largest absolute Gasteiger partial charge is 0.506 e. The van der Waals surface area contributed by atoms with E-state index < -0.39 is 0 Å². The molecule has 0 aliphatic heterocycles. The molecule has 0 aliphatic carbocycles. The van der Waals surface area contributed by atoms with Crippen LogP contribution in [-0.4, -0.2) is 5.11 Å². The van der Waals surface area contributed by atoms with Crippen LogP contribution in [0.1, 0.15) is 5.56 Å². The van der Waals surface area contributed by atoms with E-state index >= 15 is 0 Å². The molecule has 0 saturated heterocycles. The lowest BCUT2D eigenvalue weighted by molar-refractivity contribution is 0.475. The minimum Gasteiger partial charge on any atom is -0.506 e. The van der Waals surface area contributed by atoms with Crippen molar-refractivity contribution in [3.05, 3.63) is 27.7 Å². The summed E-state index contributed by atoms with van der Waals surface area (Å²) in [5.41, 5.74) is 0.711. The van der Waals surface area contributed by atoms with E-state index in [0.717, 1.165) is 0 Å². The van der Waals surface area contributed by atoms with Gasteiger partial charge in [0, 0.05) is 5.02 Å². The summed E-state index contributed by atoms with van der Waals surface area (Å²) in [6.07, 6.45) is 0. The Kier molecular flexibility index (Phi) is 2.07. The van der Waals surface area contributed by atoms with Crippen LogP contribution >= 0.6 is 23.2 Å². The second-order valence-electron chi connectivity index (χ2n) is 2.01. The zero-order chi connectivity index (χ0) is 7.72. The standard InChI is InChI=1S/C7H6Cl2O/c1-4-5(8)2-3-6(10)7(4)9/h2-3,10H,1H3. The van der Waals surface area contributed by atoms with Crippen LogP contribution in [0.5, 0.6) is 5.75 Å². The first kappa shape index (κ1) is 7.70. The minimum atomic E-state index is 0.0727. The van der Waals surface area contributed by atoms with Gasteiger partial charge in [-0.05, 0) is 24.6 Å². The predicted molar refractivity (Wildman–Crippen MR) is 42.9 cm³/mol. The van der Waals surface area contributed by atoms with Crippen LogP contribution in [0.2, 0.25) is 10.0 Å². The fourth-order valence-electron chi connectivity index (χ4n) is 0.647. The Hall–Kier alpha value is -0.400. The highest BCUT2D eigenvalue weighted by atomic mass is 35.5. The Morgan fingerprint density at radius 3 is 2.40 bits per heavy atom. The van der Waals surface area contributed by atoms with Gasteiger partial charge in [-0.25, -0.2) is 0 Å². The van der Waals surface area contributed by atoms with Crippen LogP contribution in [0, 0.1) is 6.92 Å².